The molecule has 13 heavy (non-hydrogen) atoms. The van der Waals surface area contributed by atoms with E-state index in [1.807, 2.05) is 0 Å². The summed E-state index contributed by atoms with van der Waals surface area (Å²) in [5.74, 6) is 0. The SMILES string of the molecule is C(=C1CCC=CCC1)=C1CCCC1. The molecule has 70 valence electrons. The van der Waals surface area contributed by atoms with Crippen molar-refractivity contribution in [3.63, 3.8) is 0 Å². The maximum atomic E-state index is 3.65. The molecule has 0 heteroatoms. The van der Waals surface area contributed by atoms with Crippen molar-refractivity contribution in [3.05, 3.63) is 29.0 Å². The van der Waals surface area contributed by atoms with Crippen LogP contribution in [0.3, 0.4) is 0 Å². The van der Waals surface area contributed by atoms with Crippen LogP contribution >= 0.6 is 0 Å². The molecule has 0 radical (unpaired) electrons. The Morgan fingerprint density at radius 2 is 1.31 bits per heavy atom. The third-order valence-electron chi connectivity index (χ3n) is 2.95. The van der Waals surface area contributed by atoms with Gasteiger partial charge in [-0.1, -0.05) is 12.2 Å². The van der Waals surface area contributed by atoms with Crippen molar-refractivity contribution >= 4 is 0 Å². The van der Waals surface area contributed by atoms with E-state index in [0.29, 0.717) is 0 Å². The second kappa shape index (κ2) is 4.48. The topological polar surface area (TPSA) is 0 Å². The fourth-order valence-corrected chi connectivity index (χ4v) is 2.18. The van der Waals surface area contributed by atoms with Gasteiger partial charge in [-0.05, 0) is 62.5 Å². The maximum absolute atomic E-state index is 3.65. The molecule has 2 rings (SSSR count). The minimum atomic E-state index is 1.23. The van der Waals surface area contributed by atoms with E-state index in [2.05, 4.69) is 17.9 Å². The molecule has 0 N–H and O–H groups in total. The quantitative estimate of drug-likeness (QED) is 0.382. The summed E-state index contributed by atoms with van der Waals surface area (Å²) in [6.07, 6.45) is 15.0. The summed E-state index contributed by atoms with van der Waals surface area (Å²) in [7, 11) is 0. The number of hydrogen-bond acceptors (Lipinski definition) is 0. The summed E-state index contributed by atoms with van der Waals surface area (Å²) < 4.78 is 0. The van der Waals surface area contributed by atoms with Crippen molar-refractivity contribution in [1.29, 1.82) is 0 Å². The lowest BCUT2D eigenvalue weighted by molar-refractivity contribution is 0.886. The highest BCUT2D eigenvalue weighted by atomic mass is 14.1. The average molecular weight is 174 g/mol. The lowest BCUT2D eigenvalue weighted by Crippen LogP contribution is -1.79. The van der Waals surface area contributed by atoms with Gasteiger partial charge in [-0.2, -0.15) is 0 Å². The summed E-state index contributed by atoms with van der Waals surface area (Å²) >= 11 is 0. The minimum Gasteiger partial charge on any atom is -0.123 e. The third kappa shape index (κ3) is 2.60. The molecule has 0 nitrogen and oxygen atoms in total. The third-order valence-corrected chi connectivity index (χ3v) is 2.95. The van der Waals surface area contributed by atoms with Crippen LogP contribution in [-0.2, 0) is 0 Å². The maximum Gasteiger partial charge on any atom is -0.0209 e. The fourth-order valence-electron chi connectivity index (χ4n) is 2.18. The molecule has 0 heterocycles. The van der Waals surface area contributed by atoms with E-state index in [1.165, 1.54) is 51.4 Å². The van der Waals surface area contributed by atoms with Gasteiger partial charge in [-0.15, -0.1) is 5.73 Å². The van der Waals surface area contributed by atoms with Crippen LogP contribution in [0.25, 0.3) is 0 Å². The molecule has 0 aromatic carbocycles. The lowest BCUT2D eigenvalue weighted by Gasteiger charge is -1.98. The highest BCUT2D eigenvalue weighted by Gasteiger charge is 2.06. The van der Waals surface area contributed by atoms with Gasteiger partial charge < -0.3 is 0 Å². The van der Waals surface area contributed by atoms with E-state index < -0.39 is 0 Å². The average Bonchev–Trinajstić information content (AvgIpc) is 2.49. The zero-order valence-electron chi connectivity index (χ0n) is 8.31. The Balaban J connectivity index is 2.09. The van der Waals surface area contributed by atoms with E-state index in [1.54, 1.807) is 11.1 Å². The molecule has 1 fully saturated rings. The molecule has 0 aromatic rings. The fraction of sp³-hybridized carbons (Fsp3) is 0.615. The van der Waals surface area contributed by atoms with Crippen LogP contribution in [0.4, 0.5) is 0 Å². The summed E-state index contributed by atoms with van der Waals surface area (Å²) in [4.78, 5) is 0. The first-order valence-electron chi connectivity index (χ1n) is 5.56. The van der Waals surface area contributed by atoms with Crippen molar-refractivity contribution in [1.82, 2.24) is 0 Å². The normalized spacial score (nSPS) is 23.1. The Morgan fingerprint density at radius 3 is 1.92 bits per heavy atom. The number of hydrogen-bond donors (Lipinski definition) is 0. The molecule has 0 aromatic heterocycles. The first-order chi connectivity index (χ1) is 6.45. The molecular weight excluding hydrogens is 156 g/mol. The van der Waals surface area contributed by atoms with Crippen molar-refractivity contribution in [2.75, 3.05) is 0 Å². The van der Waals surface area contributed by atoms with E-state index in [-0.39, 0.29) is 0 Å². The van der Waals surface area contributed by atoms with Crippen molar-refractivity contribution in [3.8, 4) is 0 Å². The summed E-state index contributed by atoms with van der Waals surface area (Å²) in [5, 5.41) is 0. The van der Waals surface area contributed by atoms with Crippen LogP contribution in [0.5, 0.6) is 0 Å². The van der Waals surface area contributed by atoms with Gasteiger partial charge in [0.2, 0.25) is 0 Å². The van der Waals surface area contributed by atoms with Gasteiger partial charge in [0, 0.05) is 0 Å². The Bertz CT molecular complexity index is 242. The highest BCUT2D eigenvalue weighted by molar-refractivity contribution is 5.14. The molecular formula is C13H18. The zero-order valence-corrected chi connectivity index (χ0v) is 8.31. The molecule has 0 spiro atoms. The van der Waals surface area contributed by atoms with Gasteiger partial charge in [0.1, 0.15) is 0 Å². The Kier molecular flexibility index (Phi) is 3.05. The zero-order chi connectivity index (χ0) is 8.93. The number of rotatable bonds is 0. The summed E-state index contributed by atoms with van der Waals surface area (Å²) in [6, 6.07) is 0. The molecule has 0 aliphatic heterocycles. The summed E-state index contributed by atoms with van der Waals surface area (Å²) in [5.41, 5.74) is 6.82. The standard InChI is InChI=1S/C13H18/c1-2-4-8-12(7-3-1)11-13-9-5-6-10-13/h1-2H,3-10H2. The molecule has 0 amide bonds. The number of allylic oxidation sites excluding steroid dienone is 3. The van der Waals surface area contributed by atoms with Gasteiger partial charge in [0.25, 0.3) is 0 Å². The lowest BCUT2D eigenvalue weighted by atomic mass is 10.1. The van der Waals surface area contributed by atoms with E-state index in [4.69, 9.17) is 0 Å². The second-order valence-electron chi connectivity index (χ2n) is 4.09. The van der Waals surface area contributed by atoms with E-state index >= 15 is 0 Å². The predicted octanol–water partition coefficient (Wildman–Crippen LogP) is 4.14. The smallest absolute Gasteiger partial charge is 0.0209 e. The van der Waals surface area contributed by atoms with Crippen LogP contribution in [0.2, 0.25) is 0 Å². The first kappa shape index (κ1) is 8.84. The first-order valence-corrected chi connectivity index (χ1v) is 5.56. The predicted molar refractivity (Wildman–Crippen MR) is 56.6 cm³/mol. The van der Waals surface area contributed by atoms with Crippen LogP contribution < -0.4 is 0 Å². The minimum absolute atomic E-state index is 1.23. The monoisotopic (exact) mass is 174 g/mol. The van der Waals surface area contributed by atoms with Crippen LogP contribution in [0.15, 0.2) is 29.0 Å². The van der Waals surface area contributed by atoms with Gasteiger partial charge in [0.15, 0.2) is 0 Å². The van der Waals surface area contributed by atoms with Gasteiger partial charge in [-0.3, -0.25) is 0 Å². The van der Waals surface area contributed by atoms with E-state index in [0.717, 1.165) is 0 Å². The summed E-state index contributed by atoms with van der Waals surface area (Å²) in [6.45, 7) is 0. The van der Waals surface area contributed by atoms with Gasteiger partial charge >= 0.3 is 0 Å². The molecule has 0 saturated heterocycles. The molecule has 0 bridgehead atoms. The molecule has 0 atom stereocenters. The molecule has 0 unspecified atom stereocenters. The van der Waals surface area contributed by atoms with Crippen molar-refractivity contribution < 1.29 is 0 Å². The Morgan fingerprint density at radius 1 is 0.769 bits per heavy atom. The van der Waals surface area contributed by atoms with Crippen molar-refractivity contribution in [2.24, 2.45) is 0 Å². The van der Waals surface area contributed by atoms with Crippen LogP contribution in [-0.4, -0.2) is 0 Å². The van der Waals surface area contributed by atoms with Crippen molar-refractivity contribution in [2.45, 2.75) is 51.4 Å². The van der Waals surface area contributed by atoms with Crippen LogP contribution in [0, 0.1) is 0 Å². The largest absolute Gasteiger partial charge is 0.123 e. The molecule has 1 saturated carbocycles. The highest BCUT2D eigenvalue weighted by Crippen LogP contribution is 2.25. The Labute approximate surface area is 81.0 Å². The van der Waals surface area contributed by atoms with Gasteiger partial charge in [-0.25, -0.2) is 0 Å². The molecule has 2 aliphatic rings. The Hall–Kier alpha value is -0.740. The second-order valence-corrected chi connectivity index (χ2v) is 4.09. The van der Waals surface area contributed by atoms with Crippen LogP contribution in [0.1, 0.15) is 51.4 Å². The molecule has 2 aliphatic carbocycles. The van der Waals surface area contributed by atoms with E-state index in [9.17, 15) is 0 Å². The van der Waals surface area contributed by atoms with Gasteiger partial charge in [0.05, 0.1) is 0 Å².